The molecule has 3 aliphatic rings. The van der Waals surface area contributed by atoms with Crippen LogP contribution in [0.15, 0.2) is 48.5 Å². The van der Waals surface area contributed by atoms with Gasteiger partial charge in [-0.3, -0.25) is 4.68 Å². The summed E-state index contributed by atoms with van der Waals surface area (Å²) in [6.45, 7) is 5.06. The summed E-state index contributed by atoms with van der Waals surface area (Å²) in [5.74, 6) is -0.122. The summed E-state index contributed by atoms with van der Waals surface area (Å²) >= 11 is 0. The summed E-state index contributed by atoms with van der Waals surface area (Å²) < 4.78 is 1.95. The molecule has 2 N–H and O–H groups in total. The van der Waals surface area contributed by atoms with Crippen molar-refractivity contribution in [3.05, 3.63) is 65.4 Å². The largest absolute Gasteiger partial charge is 0.478 e. The van der Waals surface area contributed by atoms with Gasteiger partial charge in [0.05, 0.1) is 23.3 Å². The highest BCUT2D eigenvalue weighted by molar-refractivity contribution is 6.04. The van der Waals surface area contributed by atoms with Gasteiger partial charge in [0.1, 0.15) is 0 Å². The van der Waals surface area contributed by atoms with Gasteiger partial charge in [-0.25, -0.2) is 4.79 Å². The summed E-state index contributed by atoms with van der Waals surface area (Å²) in [5, 5.41) is 19.1. The third-order valence-corrected chi connectivity index (χ3v) is 6.68. The molecule has 6 rings (SSSR count). The zero-order valence-electron chi connectivity index (χ0n) is 17.1. The molecule has 2 bridgehead atoms. The van der Waals surface area contributed by atoms with E-state index in [0.29, 0.717) is 18.2 Å². The van der Waals surface area contributed by atoms with Crippen molar-refractivity contribution >= 4 is 16.9 Å². The van der Waals surface area contributed by atoms with Crippen LogP contribution in [-0.2, 0) is 13.0 Å². The number of hydrogen-bond acceptors (Lipinski definition) is 4. The number of nitrogens with zero attached hydrogens (tertiary/aromatic N) is 3. The van der Waals surface area contributed by atoms with Gasteiger partial charge in [-0.1, -0.05) is 36.4 Å². The lowest BCUT2D eigenvalue weighted by Gasteiger charge is -2.45. The number of piperidine rings is 3. The van der Waals surface area contributed by atoms with Crippen LogP contribution in [0.2, 0.25) is 0 Å². The molecule has 6 nitrogen and oxygen atoms in total. The molecule has 3 saturated heterocycles. The standard InChI is InChI=1S/C24H28N4O2/c29-24(30)19-7-4-8-22-23(19)20(26-28(22)15-17-5-2-1-3-6-17)9-12-25-21-16-27-13-10-18(21)11-14-27/h1-8,18,21,25H,9-16H2,(H,29,30)/t21-/m0/s1. The number of nitrogens with one attached hydrogen (secondary N) is 1. The van der Waals surface area contributed by atoms with E-state index in [-0.39, 0.29) is 0 Å². The first kappa shape index (κ1) is 19.3. The van der Waals surface area contributed by atoms with E-state index in [1.54, 1.807) is 6.07 Å². The van der Waals surface area contributed by atoms with Gasteiger partial charge in [-0.15, -0.1) is 0 Å². The molecule has 4 heterocycles. The molecule has 0 spiro atoms. The number of rotatable bonds is 7. The third-order valence-electron chi connectivity index (χ3n) is 6.68. The van der Waals surface area contributed by atoms with Crippen molar-refractivity contribution in [3.8, 4) is 0 Å². The predicted octanol–water partition coefficient (Wildman–Crippen LogP) is 3.01. The Morgan fingerprint density at radius 3 is 2.60 bits per heavy atom. The van der Waals surface area contributed by atoms with Gasteiger partial charge in [-0.05, 0) is 49.5 Å². The van der Waals surface area contributed by atoms with E-state index in [9.17, 15) is 9.90 Å². The van der Waals surface area contributed by atoms with Crippen LogP contribution in [-0.4, -0.2) is 58.0 Å². The summed E-state index contributed by atoms with van der Waals surface area (Å²) in [7, 11) is 0. The molecular weight excluding hydrogens is 376 g/mol. The van der Waals surface area contributed by atoms with E-state index in [2.05, 4.69) is 22.3 Å². The smallest absolute Gasteiger partial charge is 0.336 e. The molecule has 0 radical (unpaired) electrons. The maximum atomic E-state index is 11.9. The number of carboxylic acid groups (broad SMARTS) is 1. The van der Waals surface area contributed by atoms with Crippen molar-refractivity contribution in [2.45, 2.75) is 31.8 Å². The Morgan fingerprint density at radius 2 is 1.90 bits per heavy atom. The topological polar surface area (TPSA) is 70.4 Å². The number of carbonyl (C=O) groups is 1. The summed E-state index contributed by atoms with van der Waals surface area (Å²) in [4.78, 5) is 14.4. The quantitative estimate of drug-likeness (QED) is 0.634. The molecule has 30 heavy (non-hydrogen) atoms. The van der Waals surface area contributed by atoms with Crippen LogP contribution in [0.5, 0.6) is 0 Å². The van der Waals surface area contributed by atoms with Gasteiger partial charge in [0, 0.05) is 30.9 Å². The van der Waals surface area contributed by atoms with Crippen LogP contribution in [0.1, 0.15) is 34.5 Å². The Morgan fingerprint density at radius 1 is 1.10 bits per heavy atom. The second-order valence-electron chi connectivity index (χ2n) is 8.54. The highest BCUT2D eigenvalue weighted by atomic mass is 16.4. The highest BCUT2D eigenvalue weighted by Crippen LogP contribution is 2.28. The van der Waals surface area contributed by atoms with Crippen molar-refractivity contribution in [2.75, 3.05) is 26.2 Å². The lowest BCUT2D eigenvalue weighted by atomic mass is 9.84. The van der Waals surface area contributed by atoms with Crippen LogP contribution in [0.3, 0.4) is 0 Å². The second-order valence-corrected chi connectivity index (χ2v) is 8.54. The van der Waals surface area contributed by atoms with Crippen LogP contribution < -0.4 is 5.32 Å². The molecule has 0 saturated carbocycles. The molecular formula is C24H28N4O2. The number of hydrogen-bond donors (Lipinski definition) is 2. The summed E-state index contributed by atoms with van der Waals surface area (Å²) in [6.07, 6.45) is 3.30. The van der Waals surface area contributed by atoms with E-state index in [1.165, 1.54) is 25.9 Å². The average molecular weight is 405 g/mol. The van der Waals surface area contributed by atoms with Crippen molar-refractivity contribution in [1.82, 2.24) is 20.0 Å². The molecule has 3 aliphatic heterocycles. The number of aromatic nitrogens is 2. The Bertz CT molecular complexity index is 1040. The van der Waals surface area contributed by atoms with Crippen molar-refractivity contribution in [1.29, 1.82) is 0 Å². The van der Waals surface area contributed by atoms with Gasteiger partial charge < -0.3 is 15.3 Å². The Labute approximate surface area is 176 Å². The fraction of sp³-hybridized carbons (Fsp3) is 0.417. The Hall–Kier alpha value is -2.70. The minimum atomic E-state index is -0.897. The van der Waals surface area contributed by atoms with Crippen LogP contribution >= 0.6 is 0 Å². The molecule has 0 aliphatic carbocycles. The first-order chi connectivity index (χ1) is 14.7. The van der Waals surface area contributed by atoms with Crippen molar-refractivity contribution < 1.29 is 9.90 Å². The van der Waals surface area contributed by atoms with Gasteiger partial charge in [-0.2, -0.15) is 5.10 Å². The van der Waals surface area contributed by atoms with Crippen molar-refractivity contribution in [2.24, 2.45) is 5.92 Å². The van der Waals surface area contributed by atoms with Crippen LogP contribution in [0, 0.1) is 5.92 Å². The fourth-order valence-electron chi connectivity index (χ4n) is 5.11. The lowest BCUT2D eigenvalue weighted by Crippen LogP contribution is -2.56. The molecule has 156 valence electrons. The maximum absolute atomic E-state index is 11.9. The first-order valence-corrected chi connectivity index (χ1v) is 10.9. The zero-order valence-corrected chi connectivity index (χ0v) is 17.1. The van der Waals surface area contributed by atoms with Crippen LogP contribution in [0.25, 0.3) is 10.9 Å². The third kappa shape index (κ3) is 3.73. The highest BCUT2D eigenvalue weighted by Gasteiger charge is 2.33. The first-order valence-electron chi connectivity index (χ1n) is 10.9. The molecule has 6 heteroatoms. The minimum absolute atomic E-state index is 0.338. The number of carboxylic acids is 1. The van der Waals surface area contributed by atoms with E-state index in [1.807, 2.05) is 35.0 Å². The molecule has 1 aromatic heterocycles. The molecule has 2 aromatic carbocycles. The van der Waals surface area contributed by atoms with Gasteiger partial charge in [0.2, 0.25) is 0 Å². The molecule has 0 unspecified atom stereocenters. The summed E-state index contributed by atoms with van der Waals surface area (Å²) in [6, 6.07) is 16.2. The normalized spacial score (nSPS) is 23.1. The SMILES string of the molecule is O=C(O)c1cccc2c1c(CCN[C@H]1CN3CCC1CC3)nn2Cc1ccccc1. The molecule has 1 atom stereocenters. The number of benzene rings is 2. The number of fused-ring (bicyclic) bond motifs is 4. The average Bonchev–Trinajstić information content (AvgIpc) is 3.13. The van der Waals surface area contributed by atoms with Gasteiger partial charge in [0.25, 0.3) is 0 Å². The predicted molar refractivity (Wildman–Crippen MR) is 117 cm³/mol. The number of aromatic carboxylic acids is 1. The minimum Gasteiger partial charge on any atom is -0.478 e. The lowest BCUT2D eigenvalue weighted by molar-refractivity contribution is 0.0699. The maximum Gasteiger partial charge on any atom is 0.336 e. The van der Waals surface area contributed by atoms with Gasteiger partial charge in [0.15, 0.2) is 0 Å². The summed E-state index contributed by atoms with van der Waals surface area (Å²) in [5.41, 5.74) is 3.24. The second kappa shape index (κ2) is 8.20. The fourth-order valence-corrected chi connectivity index (χ4v) is 5.11. The van der Waals surface area contributed by atoms with Crippen LogP contribution in [0.4, 0.5) is 0 Å². The van der Waals surface area contributed by atoms with E-state index in [0.717, 1.165) is 47.6 Å². The Balaban J connectivity index is 1.39. The monoisotopic (exact) mass is 404 g/mol. The zero-order chi connectivity index (χ0) is 20.5. The van der Waals surface area contributed by atoms with E-state index in [4.69, 9.17) is 5.10 Å². The van der Waals surface area contributed by atoms with Crippen molar-refractivity contribution in [3.63, 3.8) is 0 Å². The Kier molecular flexibility index (Phi) is 5.27. The van der Waals surface area contributed by atoms with E-state index < -0.39 is 5.97 Å². The molecule has 0 amide bonds. The van der Waals surface area contributed by atoms with Gasteiger partial charge >= 0.3 is 5.97 Å². The molecule has 3 aromatic rings. The van der Waals surface area contributed by atoms with E-state index >= 15 is 0 Å². The molecule has 3 fully saturated rings.